The molecular formula is C22H23BrN8O2. The van der Waals surface area contributed by atoms with E-state index in [1.54, 1.807) is 24.9 Å². The Morgan fingerprint density at radius 3 is 2.76 bits per heavy atom. The zero-order valence-corrected chi connectivity index (χ0v) is 20.0. The molecule has 2 atom stereocenters. The normalized spacial score (nSPS) is 20.3. The molecule has 1 aromatic carbocycles. The number of carbonyl (C=O) groups excluding carboxylic acids is 1. The van der Waals surface area contributed by atoms with Gasteiger partial charge in [-0.25, -0.2) is 9.67 Å². The van der Waals surface area contributed by atoms with E-state index in [4.69, 9.17) is 9.51 Å². The number of fused-ring (bicyclic) bond motifs is 1. The third-order valence-electron chi connectivity index (χ3n) is 6.12. The smallest absolute Gasteiger partial charge is 0.257 e. The van der Waals surface area contributed by atoms with Crippen LogP contribution in [0.1, 0.15) is 32.0 Å². The molecule has 3 aromatic heterocycles. The molecule has 10 nitrogen and oxygen atoms in total. The number of amides is 1. The molecule has 1 aliphatic carbocycles. The van der Waals surface area contributed by atoms with Crippen molar-refractivity contribution < 1.29 is 9.32 Å². The number of aromatic nitrogens is 6. The van der Waals surface area contributed by atoms with E-state index in [1.165, 1.54) is 0 Å². The molecule has 5 rings (SSSR count). The van der Waals surface area contributed by atoms with E-state index >= 15 is 0 Å². The molecule has 1 saturated carbocycles. The number of rotatable bonds is 5. The number of anilines is 1. The molecule has 3 heterocycles. The summed E-state index contributed by atoms with van der Waals surface area (Å²) in [6.45, 7) is 3.79. The highest BCUT2D eigenvalue weighted by molar-refractivity contribution is 9.10. The first kappa shape index (κ1) is 21.5. The lowest BCUT2D eigenvalue weighted by Gasteiger charge is -2.22. The third kappa shape index (κ3) is 3.97. The molecule has 0 spiro atoms. The summed E-state index contributed by atoms with van der Waals surface area (Å²) in [6.07, 6.45) is 4.18. The standard InChI is InChI=1S/C22H23BrN8O2/c1-12-26-19(33-30-12)13-4-6-15(7-5-13)31-18-16(17(23)29-31)11-25-21(28-18)27-14-8-9-22(2,10-14)20(32)24-3/h4-7,11,14H,8-10H2,1-3H3,(H,24,32)(H,25,27,28)/t14-,22?/m1/s1. The molecule has 0 aliphatic heterocycles. The quantitative estimate of drug-likeness (QED) is 0.416. The van der Waals surface area contributed by atoms with Crippen molar-refractivity contribution in [2.24, 2.45) is 5.41 Å². The zero-order chi connectivity index (χ0) is 23.2. The Morgan fingerprint density at radius 2 is 2.06 bits per heavy atom. The molecule has 1 amide bonds. The Bertz CT molecular complexity index is 1330. The molecule has 1 aliphatic rings. The van der Waals surface area contributed by atoms with Gasteiger partial charge in [-0.3, -0.25) is 4.79 Å². The average Bonchev–Trinajstić information content (AvgIpc) is 3.51. The summed E-state index contributed by atoms with van der Waals surface area (Å²) in [6, 6.07) is 7.79. The Hall–Kier alpha value is -3.34. The van der Waals surface area contributed by atoms with Crippen molar-refractivity contribution in [3.63, 3.8) is 0 Å². The van der Waals surface area contributed by atoms with Crippen LogP contribution in [0.4, 0.5) is 5.95 Å². The van der Waals surface area contributed by atoms with Gasteiger partial charge in [-0.1, -0.05) is 12.1 Å². The summed E-state index contributed by atoms with van der Waals surface area (Å²) in [5.74, 6) is 1.65. The van der Waals surface area contributed by atoms with Crippen molar-refractivity contribution in [2.45, 2.75) is 39.2 Å². The highest BCUT2D eigenvalue weighted by atomic mass is 79.9. The number of nitrogens with zero attached hydrogens (tertiary/aromatic N) is 6. The van der Waals surface area contributed by atoms with Crippen LogP contribution >= 0.6 is 15.9 Å². The first-order valence-corrected chi connectivity index (χ1v) is 11.5. The summed E-state index contributed by atoms with van der Waals surface area (Å²) in [5, 5.41) is 15.4. The maximum atomic E-state index is 12.2. The van der Waals surface area contributed by atoms with Crippen LogP contribution in [-0.2, 0) is 4.79 Å². The largest absolute Gasteiger partial charge is 0.359 e. The maximum Gasteiger partial charge on any atom is 0.257 e. The van der Waals surface area contributed by atoms with Gasteiger partial charge in [0, 0.05) is 30.3 Å². The zero-order valence-electron chi connectivity index (χ0n) is 18.5. The Kier molecular flexibility index (Phi) is 5.35. The van der Waals surface area contributed by atoms with Crippen LogP contribution in [0.25, 0.3) is 28.2 Å². The second-order valence-electron chi connectivity index (χ2n) is 8.55. The molecule has 170 valence electrons. The molecule has 2 N–H and O–H groups in total. The summed E-state index contributed by atoms with van der Waals surface area (Å²) >= 11 is 3.51. The van der Waals surface area contributed by atoms with E-state index in [2.05, 4.69) is 46.8 Å². The number of hydrogen-bond acceptors (Lipinski definition) is 8. The van der Waals surface area contributed by atoms with Crippen LogP contribution in [0, 0.1) is 12.3 Å². The molecule has 33 heavy (non-hydrogen) atoms. The van der Waals surface area contributed by atoms with Crippen molar-refractivity contribution in [1.29, 1.82) is 0 Å². The summed E-state index contributed by atoms with van der Waals surface area (Å²) in [5.41, 5.74) is 1.96. The summed E-state index contributed by atoms with van der Waals surface area (Å²) in [4.78, 5) is 25.7. The topological polar surface area (TPSA) is 124 Å². The molecule has 0 radical (unpaired) electrons. The first-order chi connectivity index (χ1) is 15.9. The Balaban J connectivity index is 1.42. The number of halogens is 1. The molecule has 1 unspecified atom stereocenters. The second-order valence-corrected chi connectivity index (χ2v) is 9.30. The second kappa shape index (κ2) is 8.22. The fraction of sp³-hybridized carbons (Fsp3) is 0.364. The predicted molar refractivity (Wildman–Crippen MR) is 126 cm³/mol. The minimum absolute atomic E-state index is 0.0734. The van der Waals surface area contributed by atoms with Gasteiger partial charge < -0.3 is 15.2 Å². The molecule has 11 heteroatoms. The first-order valence-electron chi connectivity index (χ1n) is 10.7. The number of hydrogen-bond donors (Lipinski definition) is 2. The summed E-state index contributed by atoms with van der Waals surface area (Å²) < 4.78 is 7.66. The number of aryl methyl sites for hydroxylation is 1. The summed E-state index contributed by atoms with van der Waals surface area (Å²) in [7, 11) is 1.68. The van der Waals surface area contributed by atoms with Gasteiger partial charge in [0.2, 0.25) is 11.9 Å². The van der Waals surface area contributed by atoms with Crippen LogP contribution in [-0.4, -0.2) is 48.9 Å². The molecule has 0 bridgehead atoms. The lowest BCUT2D eigenvalue weighted by atomic mass is 9.87. The van der Waals surface area contributed by atoms with Crippen LogP contribution in [0.15, 0.2) is 39.6 Å². The highest BCUT2D eigenvalue weighted by Gasteiger charge is 2.40. The van der Waals surface area contributed by atoms with Crippen molar-refractivity contribution in [3.05, 3.63) is 40.9 Å². The lowest BCUT2D eigenvalue weighted by molar-refractivity contribution is -0.129. The molecule has 4 aromatic rings. The van der Waals surface area contributed by atoms with Crippen molar-refractivity contribution in [2.75, 3.05) is 12.4 Å². The van der Waals surface area contributed by atoms with E-state index in [1.807, 2.05) is 31.2 Å². The Morgan fingerprint density at radius 1 is 1.27 bits per heavy atom. The van der Waals surface area contributed by atoms with Crippen molar-refractivity contribution in [1.82, 2.24) is 35.2 Å². The minimum atomic E-state index is -0.375. The monoisotopic (exact) mass is 510 g/mol. The van der Waals surface area contributed by atoms with Crippen LogP contribution in [0.5, 0.6) is 0 Å². The van der Waals surface area contributed by atoms with Crippen molar-refractivity contribution >= 4 is 38.8 Å². The van der Waals surface area contributed by atoms with E-state index in [0.717, 1.165) is 35.9 Å². The van der Waals surface area contributed by atoms with Gasteiger partial charge in [-0.05, 0) is 66.4 Å². The average molecular weight is 511 g/mol. The van der Waals surface area contributed by atoms with Gasteiger partial charge in [0.15, 0.2) is 11.5 Å². The van der Waals surface area contributed by atoms with E-state index in [-0.39, 0.29) is 17.4 Å². The predicted octanol–water partition coefficient (Wildman–Crippen LogP) is 3.65. The highest BCUT2D eigenvalue weighted by Crippen LogP contribution is 2.39. The van der Waals surface area contributed by atoms with E-state index in [0.29, 0.717) is 27.9 Å². The minimum Gasteiger partial charge on any atom is -0.359 e. The number of carbonyl (C=O) groups is 1. The van der Waals surface area contributed by atoms with Crippen LogP contribution in [0.2, 0.25) is 0 Å². The van der Waals surface area contributed by atoms with E-state index < -0.39 is 0 Å². The fourth-order valence-corrected chi connectivity index (χ4v) is 4.77. The van der Waals surface area contributed by atoms with Crippen molar-refractivity contribution in [3.8, 4) is 17.1 Å². The van der Waals surface area contributed by atoms with Gasteiger partial charge in [-0.15, -0.1) is 0 Å². The van der Waals surface area contributed by atoms with Crippen LogP contribution in [0.3, 0.4) is 0 Å². The van der Waals surface area contributed by atoms with Gasteiger partial charge >= 0.3 is 0 Å². The molecule has 1 fully saturated rings. The fourth-order valence-electron chi connectivity index (χ4n) is 4.33. The van der Waals surface area contributed by atoms with Gasteiger partial charge in [0.05, 0.1) is 11.1 Å². The van der Waals surface area contributed by atoms with Crippen LogP contribution < -0.4 is 10.6 Å². The van der Waals surface area contributed by atoms with Gasteiger partial charge in [0.25, 0.3) is 5.89 Å². The Labute approximate surface area is 198 Å². The van der Waals surface area contributed by atoms with Gasteiger partial charge in [-0.2, -0.15) is 15.1 Å². The lowest BCUT2D eigenvalue weighted by Crippen LogP contribution is -2.35. The van der Waals surface area contributed by atoms with Gasteiger partial charge in [0.1, 0.15) is 4.60 Å². The van der Waals surface area contributed by atoms with E-state index in [9.17, 15) is 4.79 Å². The molecule has 0 saturated heterocycles. The third-order valence-corrected chi connectivity index (χ3v) is 6.70. The SMILES string of the molecule is CNC(=O)C1(C)CC[C@@H](Nc2ncc3c(Br)nn(-c4ccc(-c5nc(C)no5)cc4)c3n2)C1. The molecular weight excluding hydrogens is 488 g/mol. The maximum absolute atomic E-state index is 12.2. The number of nitrogens with one attached hydrogen (secondary N) is 2. The number of benzene rings is 1.